The van der Waals surface area contributed by atoms with Crippen molar-refractivity contribution in [3.63, 3.8) is 0 Å². The zero-order valence-electron chi connectivity index (χ0n) is 11.8. The summed E-state index contributed by atoms with van der Waals surface area (Å²) in [4.78, 5) is 24.6. The number of hydrogen-bond acceptors (Lipinski definition) is 3. The lowest BCUT2D eigenvalue weighted by Gasteiger charge is -1.99. The Morgan fingerprint density at radius 1 is 0.609 bits per heavy atom. The van der Waals surface area contributed by atoms with Crippen molar-refractivity contribution in [2.45, 2.75) is 0 Å². The molecular formula is C18H10Cl2O3. The van der Waals surface area contributed by atoms with Crippen molar-refractivity contribution in [3.8, 4) is 0 Å². The Morgan fingerprint density at radius 2 is 0.957 bits per heavy atom. The van der Waals surface area contributed by atoms with Crippen LogP contribution >= 0.6 is 23.2 Å². The molecule has 1 heterocycles. The minimum absolute atomic E-state index is 0.102. The van der Waals surface area contributed by atoms with Gasteiger partial charge in [0.1, 0.15) is 0 Å². The highest BCUT2D eigenvalue weighted by Gasteiger charge is 2.18. The van der Waals surface area contributed by atoms with Gasteiger partial charge in [-0.05, 0) is 60.7 Å². The fraction of sp³-hybridized carbons (Fsp3) is 0. The van der Waals surface area contributed by atoms with Gasteiger partial charge in [0, 0.05) is 21.2 Å². The van der Waals surface area contributed by atoms with Crippen LogP contribution in [-0.4, -0.2) is 11.6 Å². The number of hydrogen-bond donors (Lipinski definition) is 0. The molecule has 3 aromatic rings. The maximum Gasteiger partial charge on any atom is 0.228 e. The molecule has 5 heteroatoms. The molecular weight excluding hydrogens is 335 g/mol. The fourth-order valence-electron chi connectivity index (χ4n) is 2.07. The van der Waals surface area contributed by atoms with Gasteiger partial charge in [0.25, 0.3) is 0 Å². The van der Waals surface area contributed by atoms with Crippen molar-refractivity contribution in [1.29, 1.82) is 0 Å². The highest BCUT2D eigenvalue weighted by atomic mass is 35.5. The highest BCUT2D eigenvalue weighted by Crippen LogP contribution is 2.19. The predicted molar refractivity (Wildman–Crippen MR) is 88.5 cm³/mol. The van der Waals surface area contributed by atoms with E-state index in [-0.39, 0.29) is 23.1 Å². The topological polar surface area (TPSA) is 47.3 Å². The van der Waals surface area contributed by atoms with Crippen LogP contribution in [0.4, 0.5) is 0 Å². The van der Waals surface area contributed by atoms with Gasteiger partial charge in [0.2, 0.25) is 11.6 Å². The highest BCUT2D eigenvalue weighted by molar-refractivity contribution is 6.31. The zero-order valence-corrected chi connectivity index (χ0v) is 13.3. The molecule has 0 spiro atoms. The largest absolute Gasteiger partial charge is 0.449 e. The molecule has 0 atom stereocenters. The predicted octanol–water partition coefficient (Wildman–Crippen LogP) is 5.05. The molecule has 1 aromatic heterocycles. The third kappa shape index (κ3) is 3.36. The van der Waals surface area contributed by atoms with Gasteiger partial charge in [0.15, 0.2) is 11.5 Å². The number of halogens is 2. The first-order valence-electron chi connectivity index (χ1n) is 6.75. The maximum atomic E-state index is 12.3. The average molecular weight is 345 g/mol. The van der Waals surface area contributed by atoms with Gasteiger partial charge in [0.05, 0.1) is 0 Å². The van der Waals surface area contributed by atoms with Crippen LogP contribution in [0.25, 0.3) is 0 Å². The minimum Gasteiger partial charge on any atom is -0.449 e. The summed E-state index contributed by atoms with van der Waals surface area (Å²) in [6, 6.07) is 15.9. The van der Waals surface area contributed by atoms with E-state index in [1.165, 1.54) is 12.1 Å². The Hall–Kier alpha value is -2.36. The van der Waals surface area contributed by atoms with E-state index in [4.69, 9.17) is 27.6 Å². The molecule has 0 fully saturated rings. The standard InChI is InChI=1S/C18H10Cl2O3/c19-13-5-1-11(2-6-13)17(21)15-9-10-16(23-15)18(22)12-3-7-14(20)8-4-12/h1-10H. The number of ketones is 2. The lowest BCUT2D eigenvalue weighted by Crippen LogP contribution is -2.01. The Labute approximate surface area is 142 Å². The van der Waals surface area contributed by atoms with Crippen molar-refractivity contribution in [2.24, 2.45) is 0 Å². The molecule has 23 heavy (non-hydrogen) atoms. The zero-order chi connectivity index (χ0) is 16.4. The summed E-state index contributed by atoms with van der Waals surface area (Å²) in [5.41, 5.74) is 0.878. The van der Waals surface area contributed by atoms with Crippen LogP contribution in [0, 0.1) is 0 Å². The second-order valence-electron chi connectivity index (χ2n) is 4.84. The minimum atomic E-state index is -0.308. The van der Waals surface area contributed by atoms with Gasteiger partial charge in [-0.15, -0.1) is 0 Å². The molecule has 3 rings (SSSR count). The molecule has 0 bridgehead atoms. The van der Waals surface area contributed by atoms with Crippen molar-refractivity contribution in [2.75, 3.05) is 0 Å². The quantitative estimate of drug-likeness (QED) is 0.622. The number of benzene rings is 2. The van der Waals surface area contributed by atoms with Crippen molar-refractivity contribution in [1.82, 2.24) is 0 Å². The number of furan rings is 1. The van der Waals surface area contributed by atoms with E-state index in [0.29, 0.717) is 21.2 Å². The summed E-state index contributed by atoms with van der Waals surface area (Å²) >= 11 is 11.6. The van der Waals surface area contributed by atoms with Gasteiger partial charge in [-0.25, -0.2) is 0 Å². The lowest BCUT2D eigenvalue weighted by molar-refractivity contribution is 0.0986. The van der Waals surface area contributed by atoms with Crippen LogP contribution in [0.3, 0.4) is 0 Å². The summed E-state index contributed by atoms with van der Waals surface area (Å²) < 4.78 is 5.41. The maximum absolute atomic E-state index is 12.3. The molecule has 114 valence electrons. The number of carbonyl (C=O) groups excluding carboxylic acids is 2. The monoisotopic (exact) mass is 344 g/mol. The van der Waals surface area contributed by atoms with Crippen molar-refractivity contribution >= 4 is 34.8 Å². The summed E-state index contributed by atoms with van der Waals surface area (Å²) in [7, 11) is 0. The van der Waals surface area contributed by atoms with Gasteiger partial charge in [-0.1, -0.05) is 23.2 Å². The van der Waals surface area contributed by atoms with E-state index in [9.17, 15) is 9.59 Å². The van der Waals surface area contributed by atoms with Crippen LogP contribution in [0.5, 0.6) is 0 Å². The molecule has 0 aliphatic carbocycles. The van der Waals surface area contributed by atoms with Gasteiger partial charge >= 0.3 is 0 Å². The van der Waals surface area contributed by atoms with Gasteiger partial charge in [-0.3, -0.25) is 9.59 Å². The molecule has 3 nitrogen and oxygen atoms in total. The second-order valence-corrected chi connectivity index (χ2v) is 5.71. The SMILES string of the molecule is O=C(c1ccc(Cl)cc1)c1ccc(C(=O)c2ccc(Cl)cc2)o1. The normalized spacial score (nSPS) is 10.5. The Bertz CT molecular complexity index is 790. The van der Waals surface area contributed by atoms with E-state index < -0.39 is 0 Å². The number of carbonyl (C=O) groups is 2. The van der Waals surface area contributed by atoms with E-state index >= 15 is 0 Å². The Kier molecular flexibility index (Phi) is 4.33. The van der Waals surface area contributed by atoms with Crippen molar-refractivity contribution < 1.29 is 14.0 Å². The van der Waals surface area contributed by atoms with E-state index in [0.717, 1.165) is 0 Å². The number of rotatable bonds is 4. The van der Waals surface area contributed by atoms with Crippen LogP contribution in [0.1, 0.15) is 32.2 Å². The third-order valence-corrected chi connectivity index (χ3v) is 3.77. The molecule has 0 aliphatic heterocycles. The molecule has 0 amide bonds. The summed E-state index contributed by atoms with van der Waals surface area (Å²) in [5.74, 6) is -0.414. The molecule has 0 unspecified atom stereocenters. The van der Waals surface area contributed by atoms with Crippen LogP contribution in [0.15, 0.2) is 65.1 Å². The Morgan fingerprint density at radius 3 is 1.30 bits per heavy atom. The second kappa shape index (κ2) is 6.41. The smallest absolute Gasteiger partial charge is 0.228 e. The van der Waals surface area contributed by atoms with Crippen LogP contribution in [0.2, 0.25) is 10.0 Å². The molecule has 0 radical (unpaired) electrons. The summed E-state index contributed by atoms with van der Waals surface area (Å²) in [6.45, 7) is 0. The lowest BCUT2D eigenvalue weighted by atomic mass is 10.1. The van der Waals surface area contributed by atoms with E-state index in [1.54, 1.807) is 48.5 Å². The molecule has 2 aromatic carbocycles. The van der Waals surface area contributed by atoms with E-state index in [1.807, 2.05) is 0 Å². The Balaban J connectivity index is 1.85. The average Bonchev–Trinajstić information content (AvgIpc) is 3.05. The first-order chi connectivity index (χ1) is 11.0. The molecule has 0 saturated heterocycles. The third-order valence-electron chi connectivity index (χ3n) is 3.27. The molecule has 0 aliphatic rings. The molecule has 0 saturated carbocycles. The van der Waals surface area contributed by atoms with Crippen molar-refractivity contribution in [3.05, 3.63) is 93.4 Å². The van der Waals surface area contributed by atoms with E-state index in [2.05, 4.69) is 0 Å². The summed E-state index contributed by atoms with van der Waals surface area (Å²) in [6.07, 6.45) is 0. The summed E-state index contributed by atoms with van der Waals surface area (Å²) in [5, 5.41) is 1.08. The first kappa shape index (κ1) is 15.5. The fourth-order valence-corrected chi connectivity index (χ4v) is 2.32. The van der Waals surface area contributed by atoms with Gasteiger partial charge < -0.3 is 4.42 Å². The van der Waals surface area contributed by atoms with Crippen LogP contribution in [-0.2, 0) is 0 Å². The first-order valence-corrected chi connectivity index (χ1v) is 7.50. The van der Waals surface area contributed by atoms with Gasteiger partial charge in [-0.2, -0.15) is 0 Å². The van der Waals surface area contributed by atoms with Crippen LogP contribution < -0.4 is 0 Å². The molecule has 0 N–H and O–H groups in total.